The molecule has 0 amide bonds. The van der Waals surface area contributed by atoms with E-state index in [1.807, 2.05) is 12.3 Å². The molecule has 0 radical (unpaired) electrons. The smallest absolute Gasteiger partial charge is 0.123 e. The highest BCUT2D eigenvalue weighted by molar-refractivity contribution is 5.46. The molecular formula is C15H15FN2. The monoisotopic (exact) mass is 242 g/mol. The van der Waals surface area contributed by atoms with Gasteiger partial charge in [-0.2, -0.15) is 0 Å². The van der Waals surface area contributed by atoms with Gasteiger partial charge in [-0.15, -0.1) is 0 Å². The molecule has 1 aliphatic carbocycles. The molecular weight excluding hydrogens is 227 g/mol. The van der Waals surface area contributed by atoms with Crippen molar-refractivity contribution in [3.63, 3.8) is 0 Å². The number of nitrogens with zero attached hydrogens (tertiary/aromatic N) is 1. The summed E-state index contributed by atoms with van der Waals surface area (Å²) in [6.45, 7) is 0. The zero-order valence-corrected chi connectivity index (χ0v) is 10.1. The summed E-state index contributed by atoms with van der Waals surface area (Å²) >= 11 is 0. The third kappa shape index (κ3) is 2.21. The molecule has 0 saturated heterocycles. The van der Waals surface area contributed by atoms with E-state index in [1.165, 1.54) is 17.7 Å². The van der Waals surface area contributed by atoms with Gasteiger partial charge in [0.2, 0.25) is 0 Å². The van der Waals surface area contributed by atoms with E-state index < -0.39 is 0 Å². The van der Waals surface area contributed by atoms with Crippen LogP contribution in [-0.2, 0) is 6.42 Å². The average Bonchev–Trinajstić information content (AvgIpc) is 2.42. The number of nitrogens with one attached hydrogen (secondary N) is 1. The van der Waals surface area contributed by atoms with Gasteiger partial charge in [-0.05, 0) is 55.2 Å². The molecule has 0 saturated carbocycles. The van der Waals surface area contributed by atoms with Crippen molar-refractivity contribution >= 4 is 5.69 Å². The molecule has 1 heterocycles. The molecule has 0 bridgehead atoms. The van der Waals surface area contributed by atoms with E-state index in [4.69, 9.17) is 0 Å². The quantitative estimate of drug-likeness (QED) is 0.868. The van der Waals surface area contributed by atoms with Gasteiger partial charge in [-0.25, -0.2) is 4.39 Å². The first-order valence-corrected chi connectivity index (χ1v) is 6.29. The van der Waals surface area contributed by atoms with E-state index >= 15 is 0 Å². The van der Waals surface area contributed by atoms with Gasteiger partial charge in [0.25, 0.3) is 0 Å². The first-order valence-electron chi connectivity index (χ1n) is 6.29. The number of halogens is 1. The van der Waals surface area contributed by atoms with Crippen LogP contribution in [0, 0.1) is 5.82 Å². The first kappa shape index (κ1) is 11.2. The van der Waals surface area contributed by atoms with E-state index in [0.717, 1.165) is 30.6 Å². The molecule has 1 N–H and O–H groups in total. The number of fused-ring (bicyclic) bond motifs is 1. The second-order valence-electron chi connectivity index (χ2n) is 4.64. The van der Waals surface area contributed by atoms with Crippen molar-refractivity contribution in [2.45, 2.75) is 25.3 Å². The Morgan fingerprint density at radius 3 is 2.83 bits per heavy atom. The van der Waals surface area contributed by atoms with Crippen molar-refractivity contribution in [3.8, 4) is 0 Å². The van der Waals surface area contributed by atoms with Crippen LogP contribution in [0.25, 0.3) is 0 Å². The molecule has 1 aliphatic rings. The summed E-state index contributed by atoms with van der Waals surface area (Å²) in [5.74, 6) is -0.206. The highest BCUT2D eigenvalue weighted by Crippen LogP contribution is 2.30. The minimum atomic E-state index is -0.206. The lowest BCUT2D eigenvalue weighted by Crippen LogP contribution is -2.18. The minimum absolute atomic E-state index is 0.206. The fourth-order valence-electron chi connectivity index (χ4n) is 2.50. The lowest BCUT2D eigenvalue weighted by molar-refractivity contribution is 0.583. The molecule has 0 fully saturated rings. The van der Waals surface area contributed by atoms with E-state index in [9.17, 15) is 4.39 Å². The van der Waals surface area contributed by atoms with Crippen LogP contribution >= 0.6 is 0 Å². The Morgan fingerprint density at radius 1 is 1.17 bits per heavy atom. The molecule has 18 heavy (non-hydrogen) atoms. The van der Waals surface area contributed by atoms with Gasteiger partial charge in [-0.3, -0.25) is 4.98 Å². The number of benzene rings is 1. The van der Waals surface area contributed by atoms with Gasteiger partial charge in [-0.1, -0.05) is 6.07 Å². The zero-order valence-electron chi connectivity index (χ0n) is 10.1. The van der Waals surface area contributed by atoms with Crippen molar-refractivity contribution in [1.82, 2.24) is 4.98 Å². The maximum absolute atomic E-state index is 12.9. The molecule has 1 aromatic heterocycles. The van der Waals surface area contributed by atoms with Gasteiger partial charge >= 0.3 is 0 Å². The van der Waals surface area contributed by atoms with E-state index in [2.05, 4.69) is 16.4 Å². The standard InChI is InChI=1S/C15H15FN2/c16-12-6-8-13(9-7-12)18-14-5-1-3-11-4-2-10-17-15(11)14/h2,4,6-10,14,18H,1,3,5H2. The van der Waals surface area contributed by atoms with Crippen LogP contribution in [0.3, 0.4) is 0 Å². The Balaban J connectivity index is 1.84. The summed E-state index contributed by atoms with van der Waals surface area (Å²) in [4.78, 5) is 4.48. The Morgan fingerprint density at radius 2 is 2.00 bits per heavy atom. The fraction of sp³-hybridized carbons (Fsp3) is 0.267. The summed E-state index contributed by atoms with van der Waals surface area (Å²) in [6, 6.07) is 10.9. The maximum Gasteiger partial charge on any atom is 0.123 e. The second kappa shape index (κ2) is 4.77. The highest BCUT2D eigenvalue weighted by Gasteiger charge is 2.20. The third-order valence-electron chi connectivity index (χ3n) is 3.38. The van der Waals surface area contributed by atoms with E-state index in [1.54, 1.807) is 12.1 Å². The van der Waals surface area contributed by atoms with E-state index in [0.29, 0.717) is 0 Å². The molecule has 0 spiro atoms. The SMILES string of the molecule is Fc1ccc(NC2CCCc3cccnc32)cc1. The van der Waals surface area contributed by atoms with Crippen LogP contribution < -0.4 is 5.32 Å². The number of aryl methyl sites for hydroxylation is 1. The molecule has 3 heteroatoms. The lowest BCUT2D eigenvalue weighted by atomic mass is 9.92. The molecule has 92 valence electrons. The largest absolute Gasteiger partial charge is 0.377 e. The van der Waals surface area contributed by atoms with Crippen molar-refractivity contribution in [2.75, 3.05) is 5.32 Å². The lowest BCUT2D eigenvalue weighted by Gasteiger charge is -2.26. The number of hydrogen-bond acceptors (Lipinski definition) is 2. The molecule has 1 atom stereocenters. The van der Waals surface area contributed by atoms with Crippen LogP contribution in [0.1, 0.15) is 30.1 Å². The second-order valence-corrected chi connectivity index (χ2v) is 4.64. The summed E-state index contributed by atoms with van der Waals surface area (Å²) in [5, 5.41) is 3.44. The van der Waals surface area contributed by atoms with Crippen molar-refractivity contribution < 1.29 is 4.39 Å². The van der Waals surface area contributed by atoms with Gasteiger partial charge in [0.1, 0.15) is 5.82 Å². The van der Waals surface area contributed by atoms with Crippen LogP contribution in [0.4, 0.5) is 10.1 Å². The average molecular weight is 242 g/mol. The number of rotatable bonds is 2. The van der Waals surface area contributed by atoms with Gasteiger partial charge in [0.05, 0.1) is 11.7 Å². The van der Waals surface area contributed by atoms with Crippen molar-refractivity contribution in [3.05, 3.63) is 59.7 Å². The normalized spacial score (nSPS) is 18.2. The number of anilines is 1. The molecule has 1 unspecified atom stereocenters. The first-order chi connectivity index (χ1) is 8.83. The van der Waals surface area contributed by atoms with Crippen molar-refractivity contribution in [1.29, 1.82) is 0 Å². The highest BCUT2D eigenvalue weighted by atomic mass is 19.1. The summed E-state index contributed by atoms with van der Waals surface area (Å²) in [7, 11) is 0. The predicted molar refractivity (Wildman–Crippen MR) is 69.9 cm³/mol. The fourth-order valence-corrected chi connectivity index (χ4v) is 2.50. The third-order valence-corrected chi connectivity index (χ3v) is 3.38. The Kier molecular flexibility index (Phi) is 2.97. The Bertz CT molecular complexity index is 536. The maximum atomic E-state index is 12.9. The molecule has 1 aromatic carbocycles. The Hall–Kier alpha value is -1.90. The minimum Gasteiger partial charge on any atom is -0.377 e. The van der Waals surface area contributed by atoms with Gasteiger partial charge in [0, 0.05) is 11.9 Å². The molecule has 2 nitrogen and oxygen atoms in total. The van der Waals surface area contributed by atoms with Crippen LogP contribution in [-0.4, -0.2) is 4.98 Å². The molecule has 2 aromatic rings. The van der Waals surface area contributed by atoms with Crippen LogP contribution in [0.5, 0.6) is 0 Å². The topological polar surface area (TPSA) is 24.9 Å². The Labute approximate surface area is 106 Å². The summed E-state index contributed by atoms with van der Waals surface area (Å²) < 4.78 is 12.9. The van der Waals surface area contributed by atoms with Crippen LogP contribution in [0.15, 0.2) is 42.6 Å². The molecule has 0 aliphatic heterocycles. The number of aromatic nitrogens is 1. The van der Waals surface area contributed by atoms with Crippen LogP contribution in [0.2, 0.25) is 0 Å². The summed E-state index contributed by atoms with van der Waals surface area (Å²) in [6.07, 6.45) is 5.17. The number of hydrogen-bond donors (Lipinski definition) is 1. The van der Waals surface area contributed by atoms with Gasteiger partial charge < -0.3 is 5.32 Å². The molecule has 3 rings (SSSR count). The summed E-state index contributed by atoms with van der Waals surface area (Å²) in [5.41, 5.74) is 3.40. The zero-order chi connectivity index (χ0) is 12.4. The van der Waals surface area contributed by atoms with Gasteiger partial charge in [0.15, 0.2) is 0 Å². The van der Waals surface area contributed by atoms with Crippen molar-refractivity contribution in [2.24, 2.45) is 0 Å². The number of pyridine rings is 1. The van der Waals surface area contributed by atoms with E-state index in [-0.39, 0.29) is 11.9 Å². The predicted octanol–water partition coefficient (Wildman–Crippen LogP) is 3.71.